The Hall–Kier alpha value is -1.43. The summed E-state index contributed by atoms with van der Waals surface area (Å²) in [4.78, 5) is 14.8. The summed E-state index contributed by atoms with van der Waals surface area (Å²) in [6.07, 6.45) is 1.12. The number of morpholine rings is 1. The van der Waals surface area contributed by atoms with E-state index in [0.717, 1.165) is 25.3 Å². The van der Waals surface area contributed by atoms with Crippen LogP contribution in [0.2, 0.25) is 0 Å². The summed E-state index contributed by atoms with van der Waals surface area (Å²) >= 11 is 0. The number of aromatic nitrogens is 3. The quantitative estimate of drug-likeness (QED) is 0.813. The second-order valence-corrected chi connectivity index (χ2v) is 4.43. The Bertz CT molecular complexity index is 387. The highest BCUT2D eigenvalue weighted by Gasteiger charge is 2.24. The third-order valence-electron chi connectivity index (χ3n) is 2.71. The summed E-state index contributed by atoms with van der Waals surface area (Å²) in [5.41, 5.74) is 5.69. The van der Waals surface area contributed by atoms with Crippen LogP contribution in [-0.2, 0) is 11.2 Å². The van der Waals surface area contributed by atoms with Gasteiger partial charge in [-0.05, 0) is 13.8 Å². The Morgan fingerprint density at radius 1 is 1.24 bits per heavy atom. The van der Waals surface area contributed by atoms with Gasteiger partial charge in [0.1, 0.15) is 5.82 Å². The van der Waals surface area contributed by atoms with E-state index in [1.54, 1.807) is 0 Å². The normalized spacial score (nSPS) is 25.0. The molecule has 2 rings (SSSR count). The molecule has 1 aliphatic rings. The summed E-state index contributed by atoms with van der Waals surface area (Å²) in [5, 5.41) is 0. The van der Waals surface area contributed by atoms with Crippen LogP contribution in [0.5, 0.6) is 0 Å². The SMILES string of the molecule is CCc1nc(N)nc(N2C[C@@H](C)O[C@@H](C)C2)n1. The highest BCUT2D eigenvalue weighted by molar-refractivity contribution is 5.35. The molecule has 0 unspecified atom stereocenters. The molecule has 0 bridgehead atoms. The van der Waals surface area contributed by atoms with Crippen molar-refractivity contribution in [3.05, 3.63) is 5.82 Å². The lowest BCUT2D eigenvalue weighted by atomic mass is 10.2. The Morgan fingerprint density at radius 3 is 2.47 bits per heavy atom. The van der Waals surface area contributed by atoms with Crippen molar-refractivity contribution in [1.82, 2.24) is 15.0 Å². The fourth-order valence-electron chi connectivity index (χ4n) is 2.07. The van der Waals surface area contributed by atoms with E-state index in [4.69, 9.17) is 10.5 Å². The molecular formula is C11H19N5O. The second kappa shape index (κ2) is 4.83. The van der Waals surface area contributed by atoms with Crippen molar-refractivity contribution in [2.45, 2.75) is 39.4 Å². The van der Waals surface area contributed by atoms with Crippen LogP contribution in [0.4, 0.5) is 11.9 Å². The van der Waals surface area contributed by atoms with E-state index < -0.39 is 0 Å². The molecule has 0 spiro atoms. The maximum Gasteiger partial charge on any atom is 0.230 e. The average Bonchev–Trinajstić information content (AvgIpc) is 2.26. The Morgan fingerprint density at radius 2 is 1.88 bits per heavy atom. The molecule has 2 heterocycles. The molecule has 0 amide bonds. The molecule has 1 aromatic heterocycles. The third kappa shape index (κ3) is 2.82. The number of hydrogen-bond acceptors (Lipinski definition) is 6. The first-order chi connectivity index (χ1) is 8.08. The van der Waals surface area contributed by atoms with E-state index in [2.05, 4.69) is 19.9 Å². The lowest BCUT2D eigenvalue weighted by Crippen LogP contribution is -2.46. The monoisotopic (exact) mass is 237 g/mol. The lowest BCUT2D eigenvalue weighted by molar-refractivity contribution is -0.00573. The van der Waals surface area contributed by atoms with Crippen molar-refractivity contribution >= 4 is 11.9 Å². The number of nitrogens with zero attached hydrogens (tertiary/aromatic N) is 4. The van der Waals surface area contributed by atoms with Crippen LogP contribution < -0.4 is 10.6 Å². The molecule has 17 heavy (non-hydrogen) atoms. The molecule has 0 radical (unpaired) electrons. The van der Waals surface area contributed by atoms with Gasteiger partial charge in [0.05, 0.1) is 12.2 Å². The first kappa shape index (κ1) is 12.0. The molecule has 0 aliphatic carbocycles. The number of hydrogen-bond donors (Lipinski definition) is 1. The van der Waals surface area contributed by atoms with Crippen LogP contribution in [0.3, 0.4) is 0 Å². The molecule has 1 aliphatic heterocycles. The van der Waals surface area contributed by atoms with E-state index in [-0.39, 0.29) is 12.2 Å². The lowest BCUT2D eigenvalue weighted by Gasteiger charge is -2.35. The van der Waals surface area contributed by atoms with Gasteiger partial charge in [0.25, 0.3) is 0 Å². The predicted octanol–water partition coefficient (Wildman–Crippen LogP) is 0.630. The van der Waals surface area contributed by atoms with Crippen LogP contribution in [0, 0.1) is 0 Å². The van der Waals surface area contributed by atoms with Crippen LogP contribution in [0.1, 0.15) is 26.6 Å². The topological polar surface area (TPSA) is 77.2 Å². The van der Waals surface area contributed by atoms with E-state index in [1.165, 1.54) is 0 Å². The highest BCUT2D eigenvalue weighted by atomic mass is 16.5. The van der Waals surface area contributed by atoms with E-state index in [9.17, 15) is 0 Å². The summed E-state index contributed by atoms with van der Waals surface area (Å²) in [6, 6.07) is 0. The zero-order valence-corrected chi connectivity index (χ0v) is 10.6. The van der Waals surface area contributed by atoms with Crippen LogP contribution in [0.25, 0.3) is 0 Å². The minimum atomic E-state index is 0.182. The Balaban J connectivity index is 2.23. The van der Waals surface area contributed by atoms with Gasteiger partial charge in [-0.3, -0.25) is 0 Å². The van der Waals surface area contributed by atoms with Crippen molar-refractivity contribution in [3.8, 4) is 0 Å². The molecule has 2 N–H and O–H groups in total. The van der Waals surface area contributed by atoms with Gasteiger partial charge in [0, 0.05) is 19.5 Å². The van der Waals surface area contributed by atoms with Crippen LogP contribution in [-0.4, -0.2) is 40.2 Å². The summed E-state index contributed by atoms with van der Waals surface area (Å²) < 4.78 is 5.68. The van der Waals surface area contributed by atoms with Gasteiger partial charge >= 0.3 is 0 Å². The zero-order chi connectivity index (χ0) is 12.4. The zero-order valence-electron chi connectivity index (χ0n) is 10.6. The van der Waals surface area contributed by atoms with Gasteiger partial charge in [0.15, 0.2) is 0 Å². The number of nitrogen functional groups attached to an aromatic ring is 1. The predicted molar refractivity (Wildman–Crippen MR) is 65.8 cm³/mol. The molecule has 2 atom stereocenters. The van der Waals surface area contributed by atoms with Crippen LogP contribution >= 0.6 is 0 Å². The van der Waals surface area contributed by atoms with E-state index >= 15 is 0 Å². The van der Waals surface area contributed by atoms with Crippen LogP contribution in [0.15, 0.2) is 0 Å². The van der Waals surface area contributed by atoms with Crippen molar-refractivity contribution in [1.29, 1.82) is 0 Å². The minimum Gasteiger partial charge on any atom is -0.372 e. The van der Waals surface area contributed by atoms with Crippen molar-refractivity contribution in [2.75, 3.05) is 23.7 Å². The van der Waals surface area contributed by atoms with Gasteiger partial charge in [-0.2, -0.15) is 15.0 Å². The van der Waals surface area contributed by atoms with Gasteiger partial charge in [0.2, 0.25) is 11.9 Å². The fourth-order valence-corrected chi connectivity index (χ4v) is 2.07. The van der Waals surface area contributed by atoms with E-state index in [1.807, 2.05) is 20.8 Å². The fraction of sp³-hybridized carbons (Fsp3) is 0.727. The molecule has 94 valence electrons. The van der Waals surface area contributed by atoms with Gasteiger partial charge in [-0.25, -0.2) is 0 Å². The molecule has 1 saturated heterocycles. The number of nitrogens with two attached hydrogens (primary N) is 1. The molecule has 0 aromatic carbocycles. The molecule has 6 heteroatoms. The molecular weight excluding hydrogens is 218 g/mol. The van der Waals surface area contributed by atoms with Crippen molar-refractivity contribution in [3.63, 3.8) is 0 Å². The van der Waals surface area contributed by atoms with E-state index in [0.29, 0.717) is 11.9 Å². The maximum atomic E-state index is 5.69. The standard InChI is InChI=1S/C11H19N5O/c1-4-9-13-10(12)15-11(14-9)16-5-7(2)17-8(3)6-16/h7-8H,4-6H2,1-3H3,(H2,12,13,14,15)/t7-,8+. The first-order valence-electron chi connectivity index (χ1n) is 5.99. The minimum absolute atomic E-state index is 0.182. The third-order valence-corrected chi connectivity index (χ3v) is 2.71. The largest absolute Gasteiger partial charge is 0.372 e. The summed E-state index contributed by atoms with van der Waals surface area (Å²) in [6.45, 7) is 7.68. The average molecular weight is 237 g/mol. The van der Waals surface area contributed by atoms with Gasteiger partial charge in [-0.15, -0.1) is 0 Å². The molecule has 1 fully saturated rings. The number of rotatable bonds is 2. The Kier molecular flexibility index (Phi) is 3.42. The number of aryl methyl sites for hydroxylation is 1. The molecule has 0 saturated carbocycles. The summed E-state index contributed by atoms with van der Waals surface area (Å²) in [7, 11) is 0. The van der Waals surface area contributed by atoms with Crippen molar-refractivity contribution < 1.29 is 4.74 Å². The molecule has 6 nitrogen and oxygen atoms in total. The first-order valence-corrected chi connectivity index (χ1v) is 5.99. The second-order valence-electron chi connectivity index (χ2n) is 4.43. The van der Waals surface area contributed by atoms with Crippen molar-refractivity contribution in [2.24, 2.45) is 0 Å². The summed E-state index contributed by atoms with van der Waals surface area (Å²) in [5.74, 6) is 1.69. The smallest absolute Gasteiger partial charge is 0.230 e. The van der Waals surface area contributed by atoms with Gasteiger partial charge in [-0.1, -0.05) is 6.92 Å². The number of anilines is 2. The molecule has 1 aromatic rings. The van der Waals surface area contributed by atoms with Gasteiger partial charge < -0.3 is 15.4 Å². The number of ether oxygens (including phenoxy) is 1. The highest BCUT2D eigenvalue weighted by Crippen LogP contribution is 2.17. The Labute approximate surface area is 101 Å². The maximum absolute atomic E-state index is 5.69.